The Balaban J connectivity index is 2.17. The molecule has 6 heteroatoms. The van der Waals surface area contributed by atoms with Crippen LogP contribution in [0.4, 0.5) is 0 Å². The van der Waals surface area contributed by atoms with Gasteiger partial charge in [0.15, 0.2) is 0 Å². The molecule has 0 aromatic heterocycles. The minimum absolute atomic E-state index is 0.0404. The molecular formula is C21H35NO5. The predicted octanol–water partition coefficient (Wildman–Crippen LogP) is 3.17. The molecule has 1 aliphatic carbocycles. The van der Waals surface area contributed by atoms with Crippen LogP contribution in [0.5, 0.6) is 0 Å². The van der Waals surface area contributed by atoms with Gasteiger partial charge in [-0.05, 0) is 46.5 Å². The molecule has 1 amide bonds. The van der Waals surface area contributed by atoms with E-state index in [-0.39, 0.29) is 36.5 Å². The normalized spacial score (nSPS) is 24.3. The van der Waals surface area contributed by atoms with E-state index in [2.05, 4.69) is 12.2 Å². The molecule has 154 valence electrons. The molecule has 0 aromatic carbocycles. The van der Waals surface area contributed by atoms with Crippen molar-refractivity contribution in [3.63, 3.8) is 0 Å². The lowest BCUT2D eigenvalue weighted by atomic mass is 9.68. The first kappa shape index (κ1) is 21.9. The Kier molecular flexibility index (Phi) is 7.06. The van der Waals surface area contributed by atoms with E-state index in [1.165, 1.54) is 0 Å². The first-order valence-corrected chi connectivity index (χ1v) is 10.2. The maximum Gasteiger partial charge on any atom is 0.308 e. The standard InChI is InChI=1S/C21H35NO5/c1-5-8-20(14-23,15-27-19(2,3)4)13-21(9-6-7-10-21)18(25)22-16-11-17(24)26-12-16/h14,16H,5-13,15H2,1-4H3,(H,22,25)/t16-,20-/m0/s1. The van der Waals surface area contributed by atoms with E-state index in [4.69, 9.17) is 9.47 Å². The number of cyclic esters (lactones) is 1. The molecule has 0 unspecified atom stereocenters. The molecule has 1 heterocycles. The van der Waals surface area contributed by atoms with E-state index in [1.54, 1.807) is 0 Å². The van der Waals surface area contributed by atoms with Gasteiger partial charge in [-0.15, -0.1) is 0 Å². The van der Waals surface area contributed by atoms with Gasteiger partial charge in [-0.3, -0.25) is 9.59 Å². The van der Waals surface area contributed by atoms with Crippen molar-refractivity contribution in [2.75, 3.05) is 13.2 Å². The second-order valence-corrected chi connectivity index (χ2v) is 9.35. The number of ether oxygens (including phenoxy) is 2. The van der Waals surface area contributed by atoms with Crippen LogP contribution in [0.1, 0.15) is 79.1 Å². The van der Waals surface area contributed by atoms with Gasteiger partial charge in [-0.25, -0.2) is 0 Å². The molecular weight excluding hydrogens is 346 g/mol. The Morgan fingerprint density at radius 3 is 2.48 bits per heavy atom. The van der Waals surface area contributed by atoms with Crippen LogP contribution in [0.25, 0.3) is 0 Å². The molecule has 1 saturated heterocycles. The molecule has 0 bridgehead atoms. The van der Waals surface area contributed by atoms with Gasteiger partial charge in [0.1, 0.15) is 12.9 Å². The summed E-state index contributed by atoms with van der Waals surface area (Å²) >= 11 is 0. The molecule has 0 aromatic rings. The van der Waals surface area contributed by atoms with Gasteiger partial charge in [-0.1, -0.05) is 26.2 Å². The van der Waals surface area contributed by atoms with Gasteiger partial charge in [0.05, 0.1) is 35.5 Å². The number of carbonyl (C=O) groups is 3. The maximum atomic E-state index is 13.2. The number of hydrogen-bond donors (Lipinski definition) is 1. The number of nitrogens with one attached hydrogen (secondary N) is 1. The summed E-state index contributed by atoms with van der Waals surface area (Å²) in [5.74, 6) is -0.311. The Labute approximate surface area is 162 Å². The van der Waals surface area contributed by atoms with Gasteiger partial charge < -0.3 is 19.6 Å². The third-order valence-corrected chi connectivity index (χ3v) is 5.72. The van der Waals surface area contributed by atoms with Crippen molar-refractivity contribution in [2.24, 2.45) is 10.8 Å². The fourth-order valence-electron chi connectivity index (χ4n) is 4.36. The first-order valence-electron chi connectivity index (χ1n) is 10.2. The third kappa shape index (κ3) is 5.77. The Morgan fingerprint density at radius 2 is 2.00 bits per heavy atom. The van der Waals surface area contributed by atoms with Gasteiger partial charge in [0.2, 0.25) is 5.91 Å². The molecule has 0 radical (unpaired) electrons. The Hall–Kier alpha value is -1.43. The second kappa shape index (κ2) is 8.72. The largest absolute Gasteiger partial charge is 0.463 e. The zero-order valence-electron chi connectivity index (χ0n) is 17.3. The summed E-state index contributed by atoms with van der Waals surface area (Å²) in [7, 11) is 0. The fourth-order valence-corrected chi connectivity index (χ4v) is 4.36. The molecule has 0 spiro atoms. The van der Waals surface area contributed by atoms with Crippen molar-refractivity contribution in [1.82, 2.24) is 5.32 Å². The zero-order chi connectivity index (χ0) is 20.1. The summed E-state index contributed by atoms with van der Waals surface area (Å²) < 4.78 is 11.0. The summed E-state index contributed by atoms with van der Waals surface area (Å²) in [6.45, 7) is 8.55. The molecule has 1 aliphatic heterocycles. The topological polar surface area (TPSA) is 81.7 Å². The monoisotopic (exact) mass is 381 g/mol. The van der Waals surface area contributed by atoms with E-state index in [1.807, 2.05) is 20.8 Å². The number of rotatable bonds is 9. The number of amides is 1. The molecule has 1 N–H and O–H groups in total. The fraction of sp³-hybridized carbons (Fsp3) is 0.857. The summed E-state index contributed by atoms with van der Waals surface area (Å²) in [6, 6.07) is -0.259. The van der Waals surface area contributed by atoms with E-state index in [0.29, 0.717) is 19.4 Å². The number of esters is 1. The second-order valence-electron chi connectivity index (χ2n) is 9.35. The summed E-state index contributed by atoms with van der Waals surface area (Å²) in [5.41, 5.74) is -1.57. The highest BCUT2D eigenvalue weighted by molar-refractivity contribution is 5.85. The maximum absolute atomic E-state index is 13.2. The Bertz CT molecular complexity index is 547. The van der Waals surface area contributed by atoms with Crippen LogP contribution in [0, 0.1) is 10.8 Å². The highest BCUT2D eigenvalue weighted by Gasteiger charge is 2.48. The number of carbonyl (C=O) groups excluding carboxylic acids is 3. The van der Waals surface area contributed by atoms with Gasteiger partial charge in [0.25, 0.3) is 0 Å². The van der Waals surface area contributed by atoms with Crippen LogP contribution in [0.3, 0.4) is 0 Å². The predicted molar refractivity (Wildman–Crippen MR) is 102 cm³/mol. The average molecular weight is 382 g/mol. The summed E-state index contributed by atoms with van der Waals surface area (Å²) in [6.07, 6.45) is 6.80. The summed E-state index contributed by atoms with van der Waals surface area (Å²) in [5, 5.41) is 3.01. The van der Waals surface area contributed by atoms with Crippen LogP contribution < -0.4 is 5.32 Å². The van der Waals surface area contributed by atoms with Crippen molar-refractivity contribution in [3.05, 3.63) is 0 Å². The van der Waals surface area contributed by atoms with Crippen molar-refractivity contribution in [1.29, 1.82) is 0 Å². The molecule has 2 fully saturated rings. The molecule has 27 heavy (non-hydrogen) atoms. The highest BCUT2D eigenvalue weighted by Crippen LogP contribution is 2.48. The molecule has 1 saturated carbocycles. The van der Waals surface area contributed by atoms with Crippen LogP contribution in [0.15, 0.2) is 0 Å². The lowest BCUT2D eigenvalue weighted by Crippen LogP contribution is -2.48. The smallest absolute Gasteiger partial charge is 0.308 e. The highest BCUT2D eigenvalue weighted by atomic mass is 16.5. The van der Waals surface area contributed by atoms with Gasteiger partial charge in [0, 0.05) is 0 Å². The minimum atomic E-state index is -0.661. The van der Waals surface area contributed by atoms with Gasteiger partial charge in [-0.2, -0.15) is 0 Å². The van der Waals surface area contributed by atoms with E-state index >= 15 is 0 Å². The number of aldehydes is 1. The minimum Gasteiger partial charge on any atom is -0.463 e. The average Bonchev–Trinajstić information content (AvgIpc) is 3.22. The lowest BCUT2D eigenvalue weighted by molar-refractivity contribution is -0.140. The van der Waals surface area contributed by atoms with Crippen LogP contribution in [-0.2, 0) is 23.9 Å². The summed E-state index contributed by atoms with van der Waals surface area (Å²) in [4.78, 5) is 36.7. The molecule has 2 aliphatic rings. The van der Waals surface area contributed by atoms with Crippen LogP contribution >= 0.6 is 0 Å². The SMILES string of the molecule is CCC[C@](C=O)(COC(C)(C)C)CC1(C(=O)N[C@@H]2COC(=O)C2)CCCC1. The molecule has 2 rings (SSSR count). The van der Waals surface area contributed by atoms with Crippen LogP contribution in [0.2, 0.25) is 0 Å². The zero-order valence-corrected chi connectivity index (χ0v) is 17.3. The Morgan fingerprint density at radius 1 is 1.33 bits per heavy atom. The first-order chi connectivity index (χ1) is 12.6. The van der Waals surface area contributed by atoms with Gasteiger partial charge >= 0.3 is 5.97 Å². The number of hydrogen-bond acceptors (Lipinski definition) is 5. The van der Waals surface area contributed by atoms with E-state index in [9.17, 15) is 14.4 Å². The van der Waals surface area contributed by atoms with E-state index < -0.39 is 10.8 Å². The quantitative estimate of drug-likeness (QED) is 0.490. The third-order valence-electron chi connectivity index (χ3n) is 5.72. The van der Waals surface area contributed by atoms with Crippen molar-refractivity contribution < 1.29 is 23.9 Å². The van der Waals surface area contributed by atoms with Crippen molar-refractivity contribution in [3.8, 4) is 0 Å². The van der Waals surface area contributed by atoms with Crippen molar-refractivity contribution in [2.45, 2.75) is 90.7 Å². The molecule has 2 atom stereocenters. The lowest BCUT2D eigenvalue weighted by Gasteiger charge is -2.39. The van der Waals surface area contributed by atoms with Crippen molar-refractivity contribution >= 4 is 18.2 Å². The van der Waals surface area contributed by atoms with Crippen LogP contribution in [-0.4, -0.2) is 43.0 Å². The van der Waals surface area contributed by atoms with E-state index in [0.717, 1.165) is 38.4 Å². The molecule has 6 nitrogen and oxygen atoms in total.